The Morgan fingerprint density at radius 2 is 0.948 bits per heavy atom. The van der Waals surface area contributed by atoms with Crippen molar-refractivity contribution < 1.29 is 8.83 Å². The van der Waals surface area contributed by atoms with Crippen LogP contribution in [0.2, 0.25) is 0 Å². The summed E-state index contributed by atoms with van der Waals surface area (Å²) in [5.74, 6) is 0. The molecule has 12 aromatic rings. The maximum absolute atomic E-state index is 6.88. The summed E-state index contributed by atoms with van der Waals surface area (Å²) in [6, 6.07) is 73.1. The number of aromatic nitrogens is 1. The van der Waals surface area contributed by atoms with Gasteiger partial charge in [-0.05, 0) is 83.9 Å². The van der Waals surface area contributed by atoms with Gasteiger partial charge in [0.2, 0.25) is 0 Å². The summed E-state index contributed by atoms with van der Waals surface area (Å²) >= 11 is 0. The van der Waals surface area contributed by atoms with Crippen molar-refractivity contribution in [2.45, 2.75) is 0 Å². The summed E-state index contributed by atoms with van der Waals surface area (Å²) in [7, 11) is 0. The first kappa shape index (κ1) is 32.4. The summed E-state index contributed by atoms with van der Waals surface area (Å²) in [4.78, 5) is 2.39. The Balaban J connectivity index is 1.12. The molecule has 9 aromatic carbocycles. The molecule has 0 spiro atoms. The fraction of sp³-hybridized carbons (Fsp3) is 0. The topological polar surface area (TPSA) is 34.5 Å². The Hall–Kier alpha value is -7.82. The molecule has 0 aliphatic heterocycles. The summed E-state index contributed by atoms with van der Waals surface area (Å²) in [6.07, 6.45) is 0. The molecule has 0 unspecified atom stereocenters. The van der Waals surface area contributed by atoms with E-state index in [9.17, 15) is 0 Å². The van der Waals surface area contributed by atoms with E-state index >= 15 is 0 Å². The lowest BCUT2D eigenvalue weighted by Crippen LogP contribution is -2.12. The van der Waals surface area contributed by atoms with Crippen LogP contribution in [0.25, 0.3) is 93.6 Å². The second-order valence-electron chi connectivity index (χ2n) is 14.8. The largest absolute Gasteiger partial charge is 0.456 e. The number of anilines is 3. The van der Waals surface area contributed by atoms with E-state index in [0.29, 0.717) is 0 Å². The second kappa shape index (κ2) is 12.9. The van der Waals surface area contributed by atoms with Gasteiger partial charge in [0.15, 0.2) is 0 Å². The zero-order chi connectivity index (χ0) is 38.2. The quantitative estimate of drug-likeness (QED) is 0.170. The van der Waals surface area contributed by atoms with Crippen molar-refractivity contribution >= 4 is 82.7 Å². The highest BCUT2D eigenvalue weighted by Gasteiger charge is 2.25. The molecular formula is C54H34N2O2. The van der Waals surface area contributed by atoms with Gasteiger partial charge in [-0.15, -0.1) is 0 Å². The fourth-order valence-corrected chi connectivity index (χ4v) is 9.10. The predicted octanol–water partition coefficient (Wildman–Crippen LogP) is 15.4. The molecule has 0 radical (unpaired) electrons. The molecular weight excluding hydrogens is 709 g/mol. The minimum absolute atomic E-state index is 0.852. The smallest absolute Gasteiger partial charge is 0.145 e. The summed E-state index contributed by atoms with van der Waals surface area (Å²) in [6.45, 7) is 0. The monoisotopic (exact) mass is 742 g/mol. The summed E-state index contributed by atoms with van der Waals surface area (Å²) < 4.78 is 15.6. The third-order valence-electron chi connectivity index (χ3n) is 11.6. The van der Waals surface area contributed by atoms with Crippen LogP contribution >= 0.6 is 0 Å². The van der Waals surface area contributed by atoms with Crippen molar-refractivity contribution in [3.63, 3.8) is 0 Å². The average molecular weight is 743 g/mol. The lowest BCUT2D eigenvalue weighted by atomic mass is 9.95. The van der Waals surface area contributed by atoms with Crippen LogP contribution in [-0.4, -0.2) is 4.57 Å². The van der Waals surface area contributed by atoms with Gasteiger partial charge in [-0.25, -0.2) is 0 Å². The fourth-order valence-electron chi connectivity index (χ4n) is 9.10. The van der Waals surface area contributed by atoms with Gasteiger partial charge < -0.3 is 18.3 Å². The molecule has 0 amide bonds. The normalized spacial score (nSPS) is 11.8. The van der Waals surface area contributed by atoms with Crippen molar-refractivity contribution in [1.82, 2.24) is 4.57 Å². The molecule has 0 saturated heterocycles. The minimum Gasteiger partial charge on any atom is -0.456 e. The van der Waals surface area contributed by atoms with Crippen molar-refractivity contribution in [3.05, 3.63) is 206 Å². The molecule has 0 fully saturated rings. The van der Waals surface area contributed by atoms with Gasteiger partial charge in [-0.3, -0.25) is 0 Å². The van der Waals surface area contributed by atoms with Gasteiger partial charge in [0.25, 0.3) is 0 Å². The van der Waals surface area contributed by atoms with Crippen LogP contribution in [0.5, 0.6) is 0 Å². The third kappa shape index (κ3) is 4.88. The Kier molecular flexibility index (Phi) is 7.20. The lowest BCUT2D eigenvalue weighted by molar-refractivity contribution is 0.669. The van der Waals surface area contributed by atoms with Gasteiger partial charge in [0.05, 0.1) is 22.4 Å². The van der Waals surface area contributed by atoms with Gasteiger partial charge in [0.1, 0.15) is 22.3 Å². The molecule has 0 aliphatic rings. The molecule has 0 bridgehead atoms. The second-order valence-corrected chi connectivity index (χ2v) is 14.8. The Morgan fingerprint density at radius 3 is 1.71 bits per heavy atom. The number of nitrogens with zero attached hydrogens (tertiary/aromatic N) is 2. The van der Waals surface area contributed by atoms with E-state index < -0.39 is 0 Å². The molecule has 0 N–H and O–H groups in total. The number of rotatable bonds is 6. The first-order chi connectivity index (χ1) is 28.8. The third-order valence-corrected chi connectivity index (χ3v) is 11.6. The SMILES string of the molecule is c1ccc(N(c2ccccc2-c2cccc3oc4ccccc4c23)c2ccc3c(oc4ccccc43)c2-c2ccc(-n3c4ccccc4c4ccccc43)cc2)cc1. The average Bonchev–Trinajstić information content (AvgIpc) is 3.97. The molecule has 4 nitrogen and oxygen atoms in total. The summed E-state index contributed by atoms with van der Waals surface area (Å²) in [5.41, 5.74) is 14.3. The first-order valence-electron chi connectivity index (χ1n) is 19.7. The number of fused-ring (bicyclic) bond motifs is 9. The highest BCUT2D eigenvalue weighted by Crippen LogP contribution is 2.50. The van der Waals surface area contributed by atoms with E-state index in [1.807, 2.05) is 18.2 Å². The molecule has 0 atom stereocenters. The van der Waals surface area contributed by atoms with Gasteiger partial charge in [0, 0.05) is 54.8 Å². The van der Waals surface area contributed by atoms with Crippen LogP contribution in [0.15, 0.2) is 215 Å². The van der Waals surface area contributed by atoms with E-state index in [1.54, 1.807) is 0 Å². The van der Waals surface area contributed by atoms with E-state index in [0.717, 1.165) is 88.9 Å². The van der Waals surface area contributed by atoms with Gasteiger partial charge in [-0.1, -0.05) is 133 Å². The van der Waals surface area contributed by atoms with Crippen LogP contribution in [0, 0.1) is 0 Å². The predicted molar refractivity (Wildman–Crippen MR) is 241 cm³/mol. The van der Waals surface area contributed by atoms with Crippen LogP contribution in [0.3, 0.4) is 0 Å². The zero-order valence-corrected chi connectivity index (χ0v) is 31.3. The van der Waals surface area contributed by atoms with E-state index in [4.69, 9.17) is 8.83 Å². The van der Waals surface area contributed by atoms with Crippen molar-refractivity contribution in [1.29, 1.82) is 0 Å². The van der Waals surface area contributed by atoms with Gasteiger partial charge in [-0.2, -0.15) is 0 Å². The van der Waals surface area contributed by atoms with E-state index in [-0.39, 0.29) is 0 Å². The maximum atomic E-state index is 6.88. The van der Waals surface area contributed by atoms with Crippen LogP contribution in [0.4, 0.5) is 17.1 Å². The molecule has 0 aliphatic carbocycles. The molecule has 3 heterocycles. The maximum Gasteiger partial charge on any atom is 0.145 e. The number of hydrogen-bond acceptors (Lipinski definition) is 3. The number of hydrogen-bond donors (Lipinski definition) is 0. The number of furan rings is 2. The van der Waals surface area contributed by atoms with Crippen molar-refractivity contribution in [2.75, 3.05) is 4.90 Å². The number of para-hydroxylation sites is 6. The molecule has 0 saturated carbocycles. The lowest BCUT2D eigenvalue weighted by Gasteiger charge is -2.30. The van der Waals surface area contributed by atoms with E-state index in [2.05, 4.69) is 198 Å². The summed E-state index contributed by atoms with van der Waals surface area (Å²) in [5, 5.41) is 6.86. The Labute approximate surface area is 334 Å². The van der Waals surface area contributed by atoms with Crippen molar-refractivity contribution in [3.8, 4) is 27.9 Å². The molecule has 4 heteroatoms. The molecule has 58 heavy (non-hydrogen) atoms. The number of benzene rings is 9. The van der Waals surface area contributed by atoms with Crippen molar-refractivity contribution in [2.24, 2.45) is 0 Å². The molecule has 272 valence electrons. The highest BCUT2D eigenvalue weighted by molar-refractivity contribution is 6.16. The van der Waals surface area contributed by atoms with Crippen LogP contribution in [0.1, 0.15) is 0 Å². The molecule has 12 rings (SSSR count). The van der Waals surface area contributed by atoms with E-state index in [1.165, 1.54) is 21.8 Å². The first-order valence-corrected chi connectivity index (χ1v) is 19.7. The van der Waals surface area contributed by atoms with Gasteiger partial charge >= 0.3 is 0 Å². The van der Waals surface area contributed by atoms with Crippen LogP contribution in [-0.2, 0) is 0 Å². The Bertz CT molecular complexity index is 3460. The molecule has 3 aromatic heterocycles. The standard InChI is InChI=1S/C54H34N2O2/c1-2-15-36(16-3-1)56(47-25-11-6-19-40(47)42-22-14-28-51-53(42)44-21-8-13-27-50(44)57-51)48-34-33-43-41-20-7-12-26-49(41)58-54(43)52(48)35-29-31-37(32-30-35)55-45-23-9-4-17-38(45)39-18-5-10-24-46(39)55/h1-34H. The zero-order valence-electron chi connectivity index (χ0n) is 31.3. The minimum atomic E-state index is 0.852. The highest BCUT2D eigenvalue weighted by atomic mass is 16.3. The van der Waals surface area contributed by atoms with Crippen LogP contribution < -0.4 is 4.90 Å². The Morgan fingerprint density at radius 1 is 0.362 bits per heavy atom.